The molecule has 0 radical (unpaired) electrons. The van der Waals surface area contributed by atoms with Gasteiger partial charge in [0.1, 0.15) is 0 Å². The fourth-order valence-electron chi connectivity index (χ4n) is 1.77. The zero-order valence-corrected chi connectivity index (χ0v) is 10.7. The molecule has 0 aliphatic heterocycles. The van der Waals surface area contributed by atoms with E-state index < -0.39 is 0 Å². The van der Waals surface area contributed by atoms with Gasteiger partial charge in [0, 0.05) is 12.1 Å². The number of hydrogen-bond acceptors (Lipinski definition) is 4. The van der Waals surface area contributed by atoms with Crippen LogP contribution in [-0.4, -0.2) is 14.2 Å². The van der Waals surface area contributed by atoms with Crippen molar-refractivity contribution in [2.24, 2.45) is 5.73 Å². The average molecular weight is 249 g/mol. The summed E-state index contributed by atoms with van der Waals surface area (Å²) < 4.78 is 10.8. The second-order valence-corrected chi connectivity index (χ2v) is 4.38. The molecule has 0 saturated heterocycles. The van der Waals surface area contributed by atoms with E-state index in [-0.39, 0.29) is 0 Å². The Morgan fingerprint density at radius 1 is 1.24 bits per heavy atom. The minimum atomic E-state index is 0.484. The van der Waals surface area contributed by atoms with Crippen LogP contribution in [0, 0.1) is 0 Å². The number of ether oxygens (including phenoxy) is 2. The van der Waals surface area contributed by atoms with E-state index in [9.17, 15) is 0 Å². The number of benzene rings is 1. The third kappa shape index (κ3) is 2.28. The van der Waals surface area contributed by atoms with Gasteiger partial charge in [-0.2, -0.15) is 11.3 Å². The van der Waals surface area contributed by atoms with E-state index in [4.69, 9.17) is 15.2 Å². The average Bonchev–Trinajstić information content (AvgIpc) is 2.90. The molecular formula is C13H15NO2S. The van der Waals surface area contributed by atoms with Gasteiger partial charge in [-0.15, -0.1) is 0 Å². The molecule has 2 rings (SSSR count). The number of thiophene rings is 1. The van der Waals surface area contributed by atoms with Crippen LogP contribution in [0.4, 0.5) is 0 Å². The van der Waals surface area contributed by atoms with Crippen molar-refractivity contribution in [3.05, 3.63) is 34.5 Å². The lowest BCUT2D eigenvalue weighted by atomic mass is 10.0. The minimum absolute atomic E-state index is 0.484. The lowest BCUT2D eigenvalue weighted by Crippen LogP contribution is -2.00. The van der Waals surface area contributed by atoms with Gasteiger partial charge in [-0.1, -0.05) is 0 Å². The van der Waals surface area contributed by atoms with E-state index in [1.165, 1.54) is 0 Å². The van der Waals surface area contributed by atoms with Gasteiger partial charge in [-0.25, -0.2) is 0 Å². The normalized spacial score (nSPS) is 10.3. The molecule has 1 heterocycles. The molecule has 4 heteroatoms. The fraction of sp³-hybridized carbons (Fsp3) is 0.231. The third-order valence-electron chi connectivity index (χ3n) is 2.61. The summed E-state index contributed by atoms with van der Waals surface area (Å²) >= 11 is 1.65. The summed E-state index contributed by atoms with van der Waals surface area (Å²) in [6.07, 6.45) is 0. The molecular weight excluding hydrogens is 234 g/mol. The molecule has 0 unspecified atom stereocenters. The number of hydrogen-bond donors (Lipinski definition) is 1. The maximum absolute atomic E-state index is 5.69. The van der Waals surface area contributed by atoms with Gasteiger partial charge in [-0.05, 0) is 40.1 Å². The molecule has 0 aliphatic carbocycles. The van der Waals surface area contributed by atoms with E-state index in [0.29, 0.717) is 6.54 Å². The van der Waals surface area contributed by atoms with Gasteiger partial charge in [0.05, 0.1) is 14.2 Å². The Kier molecular flexibility index (Phi) is 3.66. The van der Waals surface area contributed by atoms with Crippen molar-refractivity contribution in [1.82, 2.24) is 0 Å². The number of methoxy groups -OCH3 is 2. The molecule has 0 amide bonds. The van der Waals surface area contributed by atoms with E-state index in [2.05, 4.69) is 11.4 Å². The molecule has 0 spiro atoms. The van der Waals surface area contributed by atoms with Gasteiger partial charge in [0.15, 0.2) is 11.5 Å². The summed E-state index contributed by atoms with van der Waals surface area (Å²) in [7, 11) is 3.28. The first kappa shape index (κ1) is 12.0. The van der Waals surface area contributed by atoms with Crippen molar-refractivity contribution in [3.8, 4) is 22.6 Å². The topological polar surface area (TPSA) is 44.5 Å². The second-order valence-electron chi connectivity index (χ2n) is 3.60. The molecule has 0 bridgehead atoms. The van der Waals surface area contributed by atoms with Crippen LogP contribution in [0.25, 0.3) is 11.1 Å². The Morgan fingerprint density at radius 2 is 2.06 bits per heavy atom. The second kappa shape index (κ2) is 5.21. The maximum Gasteiger partial charge on any atom is 0.168 e. The Labute approximate surface area is 105 Å². The SMILES string of the molecule is COc1cc(CN)cc(-c2ccsc2)c1OC. The molecule has 0 atom stereocenters. The summed E-state index contributed by atoms with van der Waals surface area (Å²) in [5.74, 6) is 1.47. The third-order valence-corrected chi connectivity index (χ3v) is 3.29. The molecule has 2 aromatic rings. The standard InChI is InChI=1S/C13H15NO2S/c1-15-12-6-9(7-14)5-11(13(12)16-2)10-3-4-17-8-10/h3-6,8H,7,14H2,1-2H3. The summed E-state index contributed by atoms with van der Waals surface area (Å²) in [5.41, 5.74) is 8.87. The molecule has 0 aliphatic rings. The van der Waals surface area contributed by atoms with Crippen LogP contribution in [0.5, 0.6) is 11.5 Å². The fourth-order valence-corrected chi connectivity index (χ4v) is 2.43. The van der Waals surface area contributed by atoms with Crippen LogP contribution < -0.4 is 15.2 Å². The Bertz CT molecular complexity index is 494. The van der Waals surface area contributed by atoms with Crippen molar-refractivity contribution in [3.63, 3.8) is 0 Å². The zero-order valence-electron chi connectivity index (χ0n) is 9.90. The van der Waals surface area contributed by atoms with Gasteiger partial charge in [0.25, 0.3) is 0 Å². The number of nitrogens with two attached hydrogens (primary N) is 1. The minimum Gasteiger partial charge on any atom is -0.493 e. The molecule has 0 fully saturated rings. The molecule has 1 aromatic heterocycles. The first-order chi connectivity index (χ1) is 8.30. The predicted molar refractivity (Wildman–Crippen MR) is 70.8 cm³/mol. The molecule has 2 N–H and O–H groups in total. The summed E-state index contributed by atoms with van der Waals surface area (Å²) in [6, 6.07) is 6.01. The highest BCUT2D eigenvalue weighted by Gasteiger charge is 2.13. The lowest BCUT2D eigenvalue weighted by Gasteiger charge is -2.14. The first-order valence-electron chi connectivity index (χ1n) is 5.27. The van der Waals surface area contributed by atoms with Crippen molar-refractivity contribution in [1.29, 1.82) is 0 Å². The van der Waals surface area contributed by atoms with Crippen LogP contribution in [-0.2, 0) is 6.54 Å². The van der Waals surface area contributed by atoms with Crippen LogP contribution >= 0.6 is 11.3 Å². The molecule has 90 valence electrons. The summed E-state index contributed by atoms with van der Waals surface area (Å²) in [5, 5.41) is 4.12. The van der Waals surface area contributed by atoms with E-state index >= 15 is 0 Å². The Hall–Kier alpha value is -1.52. The van der Waals surface area contributed by atoms with E-state index in [1.807, 2.05) is 17.5 Å². The molecule has 0 saturated carbocycles. The smallest absolute Gasteiger partial charge is 0.168 e. The highest BCUT2D eigenvalue weighted by atomic mass is 32.1. The van der Waals surface area contributed by atoms with Gasteiger partial charge in [0.2, 0.25) is 0 Å². The van der Waals surface area contributed by atoms with Crippen LogP contribution in [0.3, 0.4) is 0 Å². The molecule has 1 aromatic carbocycles. The molecule has 3 nitrogen and oxygen atoms in total. The van der Waals surface area contributed by atoms with Crippen LogP contribution in [0.1, 0.15) is 5.56 Å². The van der Waals surface area contributed by atoms with Crippen molar-refractivity contribution in [2.45, 2.75) is 6.54 Å². The summed E-state index contributed by atoms with van der Waals surface area (Å²) in [6.45, 7) is 0.484. The first-order valence-corrected chi connectivity index (χ1v) is 6.22. The van der Waals surface area contributed by atoms with E-state index in [0.717, 1.165) is 28.2 Å². The highest BCUT2D eigenvalue weighted by Crippen LogP contribution is 2.39. The van der Waals surface area contributed by atoms with Crippen LogP contribution in [0.2, 0.25) is 0 Å². The Balaban J connectivity index is 2.62. The van der Waals surface area contributed by atoms with Crippen LogP contribution in [0.15, 0.2) is 29.0 Å². The quantitative estimate of drug-likeness (QED) is 0.906. The van der Waals surface area contributed by atoms with Gasteiger partial charge < -0.3 is 15.2 Å². The maximum atomic E-state index is 5.69. The highest BCUT2D eigenvalue weighted by molar-refractivity contribution is 7.08. The van der Waals surface area contributed by atoms with Crippen molar-refractivity contribution < 1.29 is 9.47 Å². The van der Waals surface area contributed by atoms with Gasteiger partial charge in [-0.3, -0.25) is 0 Å². The largest absolute Gasteiger partial charge is 0.493 e. The zero-order chi connectivity index (χ0) is 12.3. The monoisotopic (exact) mass is 249 g/mol. The predicted octanol–water partition coefficient (Wildman–Crippen LogP) is 2.89. The van der Waals surface area contributed by atoms with Crippen molar-refractivity contribution >= 4 is 11.3 Å². The summed E-state index contributed by atoms with van der Waals surface area (Å²) in [4.78, 5) is 0. The Morgan fingerprint density at radius 3 is 2.59 bits per heavy atom. The lowest BCUT2D eigenvalue weighted by molar-refractivity contribution is 0.356. The van der Waals surface area contributed by atoms with Crippen molar-refractivity contribution in [2.75, 3.05) is 14.2 Å². The molecule has 17 heavy (non-hydrogen) atoms. The van der Waals surface area contributed by atoms with Gasteiger partial charge >= 0.3 is 0 Å². The number of rotatable bonds is 4. The van der Waals surface area contributed by atoms with E-state index in [1.54, 1.807) is 25.6 Å².